The summed E-state index contributed by atoms with van der Waals surface area (Å²) in [6, 6.07) is 19.6. The molecule has 0 aliphatic heterocycles. The van der Waals surface area contributed by atoms with Crippen molar-refractivity contribution in [3.63, 3.8) is 0 Å². The van der Waals surface area contributed by atoms with Crippen LogP contribution in [0.5, 0.6) is 11.5 Å². The fraction of sp³-hybridized carbons (Fsp3) is 0.0556. The lowest BCUT2D eigenvalue weighted by Gasteiger charge is -2.15. The van der Waals surface area contributed by atoms with Crippen LogP contribution in [0.2, 0.25) is 0 Å². The molecule has 2 aromatic carbocycles. The lowest BCUT2D eigenvalue weighted by molar-refractivity contribution is -0.646. The van der Waals surface area contributed by atoms with Crippen LogP contribution in [0.3, 0.4) is 0 Å². The average Bonchev–Trinajstić information content (AvgIpc) is 2.62. The van der Waals surface area contributed by atoms with Gasteiger partial charge in [0.2, 0.25) is 0 Å². The van der Waals surface area contributed by atoms with Crippen LogP contribution in [0.15, 0.2) is 84.0 Å². The van der Waals surface area contributed by atoms with Crippen LogP contribution >= 0.6 is 11.6 Å². The highest BCUT2D eigenvalue weighted by Crippen LogP contribution is 2.38. The van der Waals surface area contributed by atoms with E-state index in [1.165, 1.54) is 18.2 Å². The molecule has 1 aromatic heterocycles. The number of nitrogens with zero attached hydrogens (tertiary/aromatic N) is 1. The molecule has 3 aromatic rings. The van der Waals surface area contributed by atoms with Gasteiger partial charge >= 0.3 is 5.03 Å². The van der Waals surface area contributed by atoms with Crippen LogP contribution in [0, 0.1) is 5.21 Å². The molecule has 1 unspecified atom stereocenters. The number of halogens is 1. The number of para-hydroxylation sites is 2. The van der Waals surface area contributed by atoms with Crippen LogP contribution < -0.4 is 9.47 Å². The van der Waals surface area contributed by atoms with E-state index in [9.17, 15) is 13.6 Å². The Morgan fingerprint density at radius 2 is 1.56 bits per heavy atom. The van der Waals surface area contributed by atoms with Crippen LogP contribution in [0.1, 0.15) is 10.3 Å². The van der Waals surface area contributed by atoms with Crippen molar-refractivity contribution in [2.24, 2.45) is 0 Å². The maximum atomic E-state index is 12.7. The van der Waals surface area contributed by atoms with Crippen LogP contribution in [0.4, 0.5) is 0 Å². The quantitative estimate of drug-likeness (QED) is 0.386. The molecule has 0 fully saturated rings. The summed E-state index contributed by atoms with van der Waals surface area (Å²) < 4.78 is 30.1. The number of pyridine rings is 1. The second-order valence-corrected chi connectivity index (χ2v) is 7.85. The zero-order valence-electron chi connectivity index (χ0n) is 12.9. The molecule has 3 rings (SSSR count). The molecule has 1 atom stereocenters. The van der Waals surface area contributed by atoms with Gasteiger partial charge in [-0.3, -0.25) is 0 Å². The highest BCUT2D eigenvalue weighted by Gasteiger charge is 2.35. The Bertz CT molecular complexity index is 977. The van der Waals surface area contributed by atoms with Gasteiger partial charge in [0.25, 0.3) is 9.84 Å². The van der Waals surface area contributed by atoms with Gasteiger partial charge in [-0.15, -0.1) is 0 Å². The normalized spacial score (nSPS) is 12.5. The fourth-order valence-corrected chi connectivity index (χ4v) is 4.06. The lowest BCUT2D eigenvalue weighted by atomic mass is 10.2. The van der Waals surface area contributed by atoms with Crippen LogP contribution in [-0.4, -0.2) is 8.42 Å². The van der Waals surface area contributed by atoms with Gasteiger partial charge in [-0.1, -0.05) is 48.0 Å². The molecule has 0 saturated carbocycles. The van der Waals surface area contributed by atoms with Crippen LogP contribution in [-0.2, 0) is 9.84 Å². The van der Waals surface area contributed by atoms with Crippen LogP contribution in [0.25, 0.3) is 0 Å². The number of alkyl halides is 1. The minimum absolute atomic E-state index is 0.261. The summed E-state index contributed by atoms with van der Waals surface area (Å²) in [5.74, 6) is 0.862. The monoisotopic (exact) mass is 375 g/mol. The highest BCUT2D eigenvalue weighted by molar-refractivity contribution is 7.92. The van der Waals surface area contributed by atoms with Crippen molar-refractivity contribution in [3.8, 4) is 11.5 Å². The number of aromatic nitrogens is 1. The smallest absolute Gasteiger partial charge is 0.310 e. The Morgan fingerprint density at radius 1 is 0.920 bits per heavy atom. The highest BCUT2D eigenvalue weighted by atomic mass is 35.5. The molecule has 5 nitrogen and oxygen atoms in total. The van der Waals surface area contributed by atoms with Gasteiger partial charge in [0.15, 0.2) is 10.9 Å². The van der Waals surface area contributed by atoms with E-state index >= 15 is 0 Å². The number of sulfone groups is 1. The van der Waals surface area contributed by atoms with Crippen molar-refractivity contribution in [2.45, 2.75) is 9.74 Å². The summed E-state index contributed by atoms with van der Waals surface area (Å²) >= 11 is 6.26. The fourth-order valence-electron chi connectivity index (χ4n) is 2.28. The first-order chi connectivity index (χ1) is 12.0. The van der Waals surface area contributed by atoms with Gasteiger partial charge in [0.1, 0.15) is 11.5 Å². The molecule has 0 N–H and O–H groups in total. The molecule has 0 aliphatic rings. The average molecular weight is 376 g/mol. The van der Waals surface area contributed by atoms with Crippen molar-refractivity contribution >= 4 is 21.4 Å². The maximum absolute atomic E-state index is 12.7. The molecule has 1 heterocycles. The molecule has 25 heavy (non-hydrogen) atoms. The second kappa shape index (κ2) is 7.13. The van der Waals surface area contributed by atoms with E-state index < -0.39 is 19.6 Å². The molecular weight excluding hydrogens is 362 g/mol. The van der Waals surface area contributed by atoms with E-state index in [4.69, 9.17) is 16.3 Å². The topological polar surface area (TPSA) is 70.3 Å². The van der Waals surface area contributed by atoms with E-state index in [0.29, 0.717) is 11.5 Å². The van der Waals surface area contributed by atoms with Crippen molar-refractivity contribution in [1.29, 1.82) is 0 Å². The summed E-state index contributed by atoms with van der Waals surface area (Å²) in [6.07, 6.45) is 1.11. The zero-order chi connectivity index (χ0) is 17.9. The summed E-state index contributed by atoms with van der Waals surface area (Å²) in [6.45, 7) is 0. The van der Waals surface area contributed by atoms with E-state index in [1.807, 2.05) is 6.07 Å². The molecule has 0 bridgehead atoms. The Balaban J connectivity index is 2.01. The van der Waals surface area contributed by atoms with E-state index in [0.717, 1.165) is 6.20 Å². The van der Waals surface area contributed by atoms with Crippen molar-refractivity contribution < 1.29 is 17.9 Å². The first-order valence-electron chi connectivity index (χ1n) is 7.38. The Hall–Kier alpha value is -2.57. The lowest BCUT2D eigenvalue weighted by Crippen LogP contribution is -2.34. The van der Waals surface area contributed by atoms with Crippen molar-refractivity contribution in [3.05, 3.63) is 89.8 Å². The van der Waals surface area contributed by atoms with Gasteiger partial charge in [-0.2, -0.15) is 4.73 Å². The largest absolute Gasteiger partial charge is 0.618 e. The zero-order valence-corrected chi connectivity index (χ0v) is 14.5. The molecule has 0 radical (unpaired) electrons. The summed E-state index contributed by atoms with van der Waals surface area (Å²) in [5, 5.41) is 11.4. The third-order valence-electron chi connectivity index (χ3n) is 3.49. The standard InChI is InChI=1S/C18H14ClNO4S/c19-18(25(22,23)17-12-6-7-13-20(17)21)15-10-4-5-11-16(15)24-14-8-2-1-3-9-14/h1-13,18H. The maximum Gasteiger partial charge on any atom is 0.310 e. The number of benzene rings is 2. The molecule has 0 amide bonds. The number of rotatable bonds is 5. The Labute approximate surface area is 150 Å². The van der Waals surface area contributed by atoms with Gasteiger partial charge in [0.05, 0.1) is 0 Å². The minimum atomic E-state index is -4.10. The van der Waals surface area contributed by atoms with E-state index in [1.54, 1.807) is 48.5 Å². The molecular formula is C18H14ClNO4S. The SMILES string of the molecule is O=S(=O)(c1cccc[n+]1[O-])C(Cl)c1ccccc1Oc1ccccc1. The second-order valence-electron chi connectivity index (χ2n) is 5.18. The number of hydrogen-bond donors (Lipinski definition) is 0. The minimum Gasteiger partial charge on any atom is -0.618 e. The summed E-state index contributed by atoms with van der Waals surface area (Å²) in [7, 11) is -4.10. The predicted octanol–water partition coefficient (Wildman–Crippen LogP) is 3.82. The third-order valence-corrected chi connectivity index (χ3v) is 6.12. The van der Waals surface area contributed by atoms with E-state index in [2.05, 4.69) is 0 Å². The van der Waals surface area contributed by atoms with E-state index in [-0.39, 0.29) is 10.3 Å². The van der Waals surface area contributed by atoms with Gasteiger partial charge in [-0.25, -0.2) is 8.42 Å². The predicted molar refractivity (Wildman–Crippen MR) is 94.1 cm³/mol. The molecule has 0 aliphatic carbocycles. The van der Waals surface area contributed by atoms with Gasteiger partial charge in [0, 0.05) is 17.7 Å². The first-order valence-corrected chi connectivity index (χ1v) is 9.36. The number of hydrogen-bond acceptors (Lipinski definition) is 4. The summed E-state index contributed by atoms with van der Waals surface area (Å²) in [4.78, 5) is 0. The number of ether oxygens (including phenoxy) is 1. The van der Waals surface area contributed by atoms with Gasteiger partial charge < -0.3 is 9.94 Å². The first kappa shape index (κ1) is 17.3. The van der Waals surface area contributed by atoms with Crippen molar-refractivity contribution in [2.75, 3.05) is 0 Å². The molecule has 0 saturated heterocycles. The Morgan fingerprint density at radius 3 is 2.28 bits per heavy atom. The molecule has 7 heteroatoms. The molecule has 128 valence electrons. The van der Waals surface area contributed by atoms with Crippen molar-refractivity contribution in [1.82, 2.24) is 0 Å². The molecule has 0 spiro atoms. The summed E-state index contributed by atoms with van der Waals surface area (Å²) in [5.41, 5.74) is 0.261. The Kier molecular flexibility index (Phi) is 4.92. The van der Waals surface area contributed by atoms with Gasteiger partial charge in [-0.05, 0) is 24.3 Å². The third kappa shape index (κ3) is 3.60.